The van der Waals surface area contributed by atoms with Gasteiger partial charge in [-0.2, -0.15) is 11.3 Å². The fourth-order valence-electron chi connectivity index (χ4n) is 3.00. The SMILES string of the molecule is CCOC(=O)N1CCN(Cc2ccc(C(=O)NCc3ccsc3)c(=O)[nH]2)CC1. The third-order valence-electron chi connectivity index (χ3n) is 4.54. The molecule has 0 bridgehead atoms. The van der Waals surface area contributed by atoms with Crippen molar-refractivity contribution < 1.29 is 14.3 Å². The second-order valence-electron chi connectivity index (χ2n) is 6.50. The van der Waals surface area contributed by atoms with E-state index in [1.165, 1.54) is 0 Å². The van der Waals surface area contributed by atoms with Crippen LogP contribution < -0.4 is 10.9 Å². The number of hydrogen-bond acceptors (Lipinski definition) is 6. The molecule has 3 rings (SSSR count). The Morgan fingerprint density at radius 3 is 2.64 bits per heavy atom. The quantitative estimate of drug-likeness (QED) is 0.763. The van der Waals surface area contributed by atoms with E-state index in [1.807, 2.05) is 16.8 Å². The van der Waals surface area contributed by atoms with E-state index in [0.717, 1.165) is 11.3 Å². The smallest absolute Gasteiger partial charge is 0.409 e. The van der Waals surface area contributed by atoms with E-state index in [9.17, 15) is 14.4 Å². The molecule has 2 aromatic heterocycles. The molecular formula is C19H24N4O4S. The van der Waals surface area contributed by atoms with Crippen LogP contribution in [-0.4, -0.2) is 59.6 Å². The molecule has 1 fully saturated rings. The van der Waals surface area contributed by atoms with Crippen molar-refractivity contribution in [2.45, 2.75) is 20.0 Å². The van der Waals surface area contributed by atoms with E-state index < -0.39 is 5.56 Å². The molecule has 2 amide bonds. The number of H-pyrrole nitrogens is 1. The molecule has 3 heterocycles. The number of hydrogen-bond donors (Lipinski definition) is 2. The van der Waals surface area contributed by atoms with Crippen molar-refractivity contribution in [3.8, 4) is 0 Å². The number of nitrogens with zero attached hydrogens (tertiary/aromatic N) is 2. The van der Waals surface area contributed by atoms with Crippen LogP contribution in [0.2, 0.25) is 0 Å². The molecule has 1 saturated heterocycles. The molecule has 2 aromatic rings. The fraction of sp³-hybridized carbons (Fsp3) is 0.421. The largest absolute Gasteiger partial charge is 0.450 e. The van der Waals surface area contributed by atoms with Gasteiger partial charge in [-0.25, -0.2) is 4.79 Å². The standard InChI is InChI=1S/C19H24N4O4S/c1-2-27-19(26)23-8-6-22(7-9-23)12-15-3-4-16(18(25)21-15)17(24)20-11-14-5-10-28-13-14/h3-5,10,13H,2,6-9,11-12H2,1H3,(H,20,24)(H,21,25). The number of piperazine rings is 1. The summed E-state index contributed by atoms with van der Waals surface area (Å²) in [5.41, 5.74) is 1.45. The lowest BCUT2D eigenvalue weighted by atomic mass is 10.2. The summed E-state index contributed by atoms with van der Waals surface area (Å²) in [6, 6.07) is 5.25. The molecule has 28 heavy (non-hydrogen) atoms. The molecule has 0 spiro atoms. The van der Waals surface area contributed by atoms with Gasteiger partial charge in [-0.05, 0) is 41.4 Å². The predicted octanol–water partition coefficient (Wildman–Crippen LogP) is 1.64. The number of amides is 2. The Morgan fingerprint density at radius 1 is 1.21 bits per heavy atom. The van der Waals surface area contributed by atoms with Crippen LogP contribution in [0.4, 0.5) is 4.79 Å². The summed E-state index contributed by atoms with van der Waals surface area (Å²) in [5, 5.41) is 6.65. The first-order valence-electron chi connectivity index (χ1n) is 9.22. The maximum absolute atomic E-state index is 12.3. The number of ether oxygens (including phenoxy) is 1. The topological polar surface area (TPSA) is 94.7 Å². The van der Waals surface area contributed by atoms with Gasteiger partial charge in [0.2, 0.25) is 0 Å². The molecule has 9 heteroatoms. The number of carbonyl (C=O) groups excluding carboxylic acids is 2. The summed E-state index contributed by atoms with van der Waals surface area (Å²) in [7, 11) is 0. The highest BCUT2D eigenvalue weighted by Gasteiger charge is 2.22. The molecule has 0 atom stereocenters. The molecule has 150 valence electrons. The minimum absolute atomic E-state index is 0.103. The Labute approximate surface area is 167 Å². The van der Waals surface area contributed by atoms with Gasteiger partial charge in [0, 0.05) is 45.0 Å². The number of carbonyl (C=O) groups is 2. The van der Waals surface area contributed by atoms with Gasteiger partial charge in [0.05, 0.1) is 6.61 Å². The maximum Gasteiger partial charge on any atom is 0.409 e. The van der Waals surface area contributed by atoms with Crippen molar-refractivity contribution in [2.75, 3.05) is 32.8 Å². The van der Waals surface area contributed by atoms with Gasteiger partial charge in [0.1, 0.15) is 5.56 Å². The van der Waals surface area contributed by atoms with Crippen LogP contribution in [-0.2, 0) is 17.8 Å². The van der Waals surface area contributed by atoms with E-state index in [-0.39, 0.29) is 17.6 Å². The number of aromatic amines is 1. The highest BCUT2D eigenvalue weighted by atomic mass is 32.1. The second-order valence-corrected chi connectivity index (χ2v) is 7.28. The highest BCUT2D eigenvalue weighted by molar-refractivity contribution is 7.07. The lowest BCUT2D eigenvalue weighted by molar-refractivity contribution is 0.0775. The van der Waals surface area contributed by atoms with Gasteiger partial charge in [0.15, 0.2) is 0 Å². The molecule has 2 N–H and O–H groups in total. The molecule has 1 aliphatic rings. The summed E-state index contributed by atoms with van der Waals surface area (Å²) in [6.07, 6.45) is -0.284. The van der Waals surface area contributed by atoms with Crippen LogP contribution in [0.1, 0.15) is 28.5 Å². The third kappa shape index (κ3) is 5.20. The van der Waals surface area contributed by atoms with E-state index in [0.29, 0.717) is 45.9 Å². The van der Waals surface area contributed by atoms with E-state index in [1.54, 1.807) is 35.3 Å². The zero-order chi connectivity index (χ0) is 19.9. The third-order valence-corrected chi connectivity index (χ3v) is 5.27. The average molecular weight is 404 g/mol. The lowest BCUT2D eigenvalue weighted by Crippen LogP contribution is -2.48. The minimum atomic E-state index is -0.398. The van der Waals surface area contributed by atoms with Gasteiger partial charge < -0.3 is 19.9 Å². The summed E-state index contributed by atoms with van der Waals surface area (Å²) >= 11 is 1.56. The van der Waals surface area contributed by atoms with Crippen molar-refractivity contribution in [1.82, 2.24) is 20.1 Å². The van der Waals surface area contributed by atoms with Crippen LogP contribution in [0.25, 0.3) is 0 Å². The average Bonchev–Trinajstić information content (AvgIpc) is 3.21. The molecule has 0 saturated carbocycles. The van der Waals surface area contributed by atoms with Crippen molar-refractivity contribution in [1.29, 1.82) is 0 Å². The van der Waals surface area contributed by atoms with Crippen LogP contribution in [0.3, 0.4) is 0 Å². The van der Waals surface area contributed by atoms with Crippen LogP contribution in [0.15, 0.2) is 33.8 Å². The molecule has 0 radical (unpaired) electrons. The minimum Gasteiger partial charge on any atom is -0.450 e. The zero-order valence-electron chi connectivity index (χ0n) is 15.8. The monoisotopic (exact) mass is 404 g/mol. The van der Waals surface area contributed by atoms with Gasteiger partial charge in [-0.3, -0.25) is 14.5 Å². The van der Waals surface area contributed by atoms with E-state index in [2.05, 4.69) is 15.2 Å². The van der Waals surface area contributed by atoms with Crippen LogP contribution in [0.5, 0.6) is 0 Å². The zero-order valence-corrected chi connectivity index (χ0v) is 16.6. The number of rotatable bonds is 6. The number of thiophene rings is 1. The van der Waals surface area contributed by atoms with Crippen molar-refractivity contribution in [2.24, 2.45) is 0 Å². The molecule has 0 aliphatic carbocycles. The molecule has 0 aromatic carbocycles. The molecular weight excluding hydrogens is 380 g/mol. The first-order chi connectivity index (χ1) is 13.6. The van der Waals surface area contributed by atoms with Crippen molar-refractivity contribution in [3.05, 3.63) is 56.1 Å². The summed E-state index contributed by atoms with van der Waals surface area (Å²) in [6.45, 7) is 5.69. The molecule has 8 nitrogen and oxygen atoms in total. The Hall–Kier alpha value is -2.65. The fourth-order valence-corrected chi connectivity index (χ4v) is 3.67. The normalized spacial score (nSPS) is 14.7. The Balaban J connectivity index is 1.52. The lowest BCUT2D eigenvalue weighted by Gasteiger charge is -2.33. The van der Waals surface area contributed by atoms with Gasteiger partial charge in [-0.15, -0.1) is 0 Å². The molecule has 0 unspecified atom stereocenters. The van der Waals surface area contributed by atoms with Crippen molar-refractivity contribution in [3.63, 3.8) is 0 Å². The highest BCUT2D eigenvalue weighted by Crippen LogP contribution is 2.08. The molecule has 1 aliphatic heterocycles. The summed E-state index contributed by atoms with van der Waals surface area (Å²) < 4.78 is 5.01. The van der Waals surface area contributed by atoms with E-state index in [4.69, 9.17) is 4.74 Å². The van der Waals surface area contributed by atoms with Crippen LogP contribution >= 0.6 is 11.3 Å². The number of nitrogens with one attached hydrogen (secondary N) is 2. The van der Waals surface area contributed by atoms with Crippen LogP contribution in [0, 0.1) is 0 Å². The Kier molecular flexibility index (Phi) is 6.83. The summed E-state index contributed by atoms with van der Waals surface area (Å²) in [5.74, 6) is -0.387. The first-order valence-corrected chi connectivity index (χ1v) is 10.2. The first kappa shape index (κ1) is 20.1. The second kappa shape index (κ2) is 9.52. The Bertz CT molecular complexity index is 857. The van der Waals surface area contributed by atoms with E-state index >= 15 is 0 Å². The van der Waals surface area contributed by atoms with Gasteiger partial charge in [0.25, 0.3) is 11.5 Å². The maximum atomic E-state index is 12.3. The van der Waals surface area contributed by atoms with Crippen molar-refractivity contribution >= 4 is 23.3 Å². The van der Waals surface area contributed by atoms with Gasteiger partial charge in [-0.1, -0.05) is 0 Å². The Morgan fingerprint density at radius 2 is 2.00 bits per heavy atom. The predicted molar refractivity (Wildman–Crippen MR) is 106 cm³/mol. The van der Waals surface area contributed by atoms with Gasteiger partial charge >= 0.3 is 6.09 Å². The number of pyridine rings is 1. The number of aromatic nitrogens is 1. The summed E-state index contributed by atoms with van der Waals surface area (Å²) in [4.78, 5) is 42.9.